The third-order valence-electron chi connectivity index (χ3n) is 4.07. The van der Waals surface area contributed by atoms with E-state index in [0.717, 1.165) is 22.2 Å². The van der Waals surface area contributed by atoms with E-state index in [4.69, 9.17) is 0 Å². The summed E-state index contributed by atoms with van der Waals surface area (Å²) < 4.78 is 1.04. The molecule has 0 aliphatic heterocycles. The van der Waals surface area contributed by atoms with E-state index in [1.54, 1.807) is 17.5 Å². The Morgan fingerprint density at radius 2 is 2.00 bits per heavy atom. The summed E-state index contributed by atoms with van der Waals surface area (Å²) in [7, 11) is 0. The number of carbonyl (C=O) groups excluding carboxylic acids is 1. The highest BCUT2D eigenvalue weighted by Gasteiger charge is 2.20. The molecule has 0 bridgehead atoms. The van der Waals surface area contributed by atoms with Gasteiger partial charge in [-0.05, 0) is 41.6 Å². The number of thiophene rings is 1. The fourth-order valence-corrected chi connectivity index (χ4v) is 4.40. The Kier molecular flexibility index (Phi) is 5.04. The minimum absolute atomic E-state index is 0.0217. The normalized spacial score (nSPS) is 10.9. The second-order valence-electron chi connectivity index (χ2n) is 5.90. The molecule has 4 rings (SSSR count). The summed E-state index contributed by atoms with van der Waals surface area (Å²) in [6.07, 6.45) is 4.40. The lowest BCUT2D eigenvalue weighted by Gasteiger charge is -2.21. The molecule has 0 N–H and O–H groups in total. The Balaban J connectivity index is 1.58. The number of hydrogen-bond acceptors (Lipinski definition) is 5. The maximum absolute atomic E-state index is 13.1. The topological polar surface area (TPSA) is 46.1 Å². The number of rotatable bonds is 6. The summed E-state index contributed by atoms with van der Waals surface area (Å²) in [5.41, 5.74) is 1.90. The van der Waals surface area contributed by atoms with E-state index in [1.807, 2.05) is 53.6 Å². The molecular weight excluding hydrogens is 362 g/mol. The van der Waals surface area contributed by atoms with E-state index in [-0.39, 0.29) is 5.91 Å². The molecule has 0 unspecified atom stereocenters. The van der Waals surface area contributed by atoms with Crippen molar-refractivity contribution in [2.24, 2.45) is 0 Å². The number of benzene rings is 1. The van der Waals surface area contributed by atoms with Gasteiger partial charge in [-0.15, -0.1) is 22.7 Å². The second-order valence-corrected chi connectivity index (χ2v) is 7.97. The molecule has 0 saturated carbocycles. The summed E-state index contributed by atoms with van der Waals surface area (Å²) >= 11 is 3.17. The third-order valence-corrected chi connectivity index (χ3v) is 6.03. The first-order chi connectivity index (χ1) is 12.8. The van der Waals surface area contributed by atoms with E-state index >= 15 is 0 Å². The molecule has 26 heavy (non-hydrogen) atoms. The molecule has 130 valence electrons. The van der Waals surface area contributed by atoms with Gasteiger partial charge in [0.2, 0.25) is 0 Å². The molecule has 1 aromatic carbocycles. The van der Waals surface area contributed by atoms with Crippen molar-refractivity contribution < 1.29 is 4.79 Å². The summed E-state index contributed by atoms with van der Waals surface area (Å²) in [6, 6.07) is 15.9. The molecule has 0 fully saturated rings. The molecule has 1 amide bonds. The first-order valence-electron chi connectivity index (χ1n) is 8.36. The van der Waals surface area contributed by atoms with Crippen molar-refractivity contribution in [3.05, 3.63) is 81.8 Å². The van der Waals surface area contributed by atoms with Gasteiger partial charge < -0.3 is 4.90 Å². The van der Waals surface area contributed by atoms with Gasteiger partial charge in [0.15, 0.2) is 5.01 Å². The molecule has 0 radical (unpaired) electrons. The van der Waals surface area contributed by atoms with Gasteiger partial charge in [-0.3, -0.25) is 9.78 Å². The van der Waals surface area contributed by atoms with Gasteiger partial charge in [-0.2, -0.15) is 0 Å². The lowest BCUT2D eigenvalue weighted by molar-refractivity contribution is 0.0745. The molecule has 0 saturated heterocycles. The lowest BCUT2D eigenvalue weighted by atomic mass is 10.2. The molecule has 3 heterocycles. The minimum Gasteiger partial charge on any atom is -0.332 e. The number of carbonyl (C=O) groups is 1. The summed E-state index contributed by atoms with van der Waals surface area (Å²) in [4.78, 5) is 25.0. The van der Waals surface area contributed by atoms with E-state index in [2.05, 4.69) is 21.4 Å². The molecule has 0 aliphatic carbocycles. The highest BCUT2D eigenvalue weighted by Crippen LogP contribution is 2.23. The average molecular weight is 380 g/mol. The molecule has 4 nitrogen and oxygen atoms in total. The minimum atomic E-state index is -0.0217. The van der Waals surface area contributed by atoms with Gasteiger partial charge in [0.25, 0.3) is 5.91 Å². The summed E-state index contributed by atoms with van der Waals surface area (Å²) in [5.74, 6) is -0.0217. The second kappa shape index (κ2) is 7.76. The Morgan fingerprint density at radius 3 is 2.77 bits per heavy atom. The van der Waals surface area contributed by atoms with Gasteiger partial charge in [-0.25, -0.2) is 4.98 Å². The zero-order valence-corrected chi connectivity index (χ0v) is 15.7. The van der Waals surface area contributed by atoms with E-state index < -0.39 is 0 Å². The molecule has 0 aliphatic rings. The number of pyridine rings is 1. The van der Waals surface area contributed by atoms with Crippen molar-refractivity contribution in [3.8, 4) is 0 Å². The van der Waals surface area contributed by atoms with Gasteiger partial charge in [-0.1, -0.05) is 24.3 Å². The lowest BCUT2D eigenvalue weighted by Crippen LogP contribution is -2.32. The Morgan fingerprint density at radius 1 is 1.08 bits per heavy atom. The van der Waals surface area contributed by atoms with Crippen LogP contribution < -0.4 is 0 Å². The predicted molar refractivity (Wildman–Crippen MR) is 107 cm³/mol. The van der Waals surface area contributed by atoms with Crippen LogP contribution >= 0.6 is 22.7 Å². The van der Waals surface area contributed by atoms with Crippen LogP contribution in [-0.2, 0) is 13.0 Å². The Bertz CT molecular complexity index is 963. The van der Waals surface area contributed by atoms with Crippen LogP contribution in [0.3, 0.4) is 0 Å². The largest absolute Gasteiger partial charge is 0.332 e. The number of thiazole rings is 1. The maximum atomic E-state index is 13.1. The summed E-state index contributed by atoms with van der Waals surface area (Å²) in [6.45, 7) is 1.19. The first kappa shape index (κ1) is 16.9. The summed E-state index contributed by atoms with van der Waals surface area (Å²) in [5, 5.41) is 2.61. The number of para-hydroxylation sites is 1. The maximum Gasteiger partial charge on any atom is 0.283 e. The molecule has 4 aromatic rings. The highest BCUT2D eigenvalue weighted by molar-refractivity contribution is 7.20. The predicted octanol–water partition coefficient (Wildman–Crippen LogP) is 4.64. The van der Waals surface area contributed by atoms with Gasteiger partial charge in [0, 0.05) is 30.4 Å². The van der Waals surface area contributed by atoms with Crippen LogP contribution in [-0.4, -0.2) is 27.3 Å². The van der Waals surface area contributed by atoms with E-state index in [1.165, 1.54) is 16.2 Å². The van der Waals surface area contributed by atoms with Gasteiger partial charge >= 0.3 is 0 Å². The Labute approximate surface area is 159 Å². The number of hydrogen-bond donors (Lipinski definition) is 0. The number of fused-ring (bicyclic) bond motifs is 1. The fourth-order valence-electron chi connectivity index (χ4n) is 2.76. The van der Waals surface area contributed by atoms with E-state index in [0.29, 0.717) is 18.1 Å². The number of nitrogens with zero attached hydrogens (tertiary/aromatic N) is 3. The highest BCUT2D eigenvalue weighted by atomic mass is 32.1. The van der Waals surface area contributed by atoms with E-state index in [9.17, 15) is 4.79 Å². The van der Waals surface area contributed by atoms with Crippen LogP contribution in [0.4, 0.5) is 0 Å². The smallest absolute Gasteiger partial charge is 0.283 e. The van der Waals surface area contributed by atoms with Crippen molar-refractivity contribution in [3.63, 3.8) is 0 Å². The standard InChI is InChI=1S/C20H17N3OS2/c24-20(19-22-17-7-1-2-8-18(17)26-19)23(11-9-16-6-4-12-25-16)14-15-5-3-10-21-13-15/h1-8,10,12-13H,9,11,14H2. The third kappa shape index (κ3) is 3.81. The van der Waals surface area contributed by atoms with Crippen LogP contribution in [0.25, 0.3) is 10.2 Å². The van der Waals surface area contributed by atoms with Crippen molar-refractivity contribution in [2.75, 3.05) is 6.54 Å². The zero-order valence-electron chi connectivity index (χ0n) is 14.0. The first-order valence-corrected chi connectivity index (χ1v) is 10.1. The molecular formula is C20H17N3OS2. The fraction of sp³-hybridized carbons (Fsp3) is 0.150. The van der Waals surface area contributed by atoms with Crippen LogP contribution in [0.2, 0.25) is 0 Å². The Hall–Kier alpha value is -2.57. The van der Waals surface area contributed by atoms with Crippen molar-refractivity contribution in [2.45, 2.75) is 13.0 Å². The molecule has 0 atom stereocenters. The molecule has 6 heteroatoms. The van der Waals surface area contributed by atoms with Crippen LogP contribution in [0.15, 0.2) is 66.3 Å². The van der Waals surface area contributed by atoms with Crippen LogP contribution in [0.5, 0.6) is 0 Å². The van der Waals surface area contributed by atoms with Crippen molar-refractivity contribution >= 4 is 38.8 Å². The number of aromatic nitrogens is 2. The molecule has 3 aromatic heterocycles. The van der Waals surface area contributed by atoms with Gasteiger partial charge in [0.1, 0.15) is 0 Å². The van der Waals surface area contributed by atoms with Gasteiger partial charge in [0.05, 0.1) is 10.2 Å². The monoisotopic (exact) mass is 379 g/mol. The average Bonchev–Trinajstić information content (AvgIpc) is 3.34. The molecule has 0 spiro atoms. The van der Waals surface area contributed by atoms with Crippen molar-refractivity contribution in [1.29, 1.82) is 0 Å². The SMILES string of the molecule is O=C(c1nc2ccccc2s1)N(CCc1cccs1)Cc1cccnc1. The number of amides is 1. The van der Waals surface area contributed by atoms with Crippen molar-refractivity contribution in [1.82, 2.24) is 14.9 Å². The zero-order chi connectivity index (χ0) is 17.8. The van der Waals surface area contributed by atoms with Crippen LogP contribution in [0, 0.1) is 0 Å². The quantitative estimate of drug-likeness (QED) is 0.490. The van der Waals surface area contributed by atoms with Crippen LogP contribution in [0.1, 0.15) is 20.2 Å².